The second kappa shape index (κ2) is 9.64. The summed E-state index contributed by atoms with van der Waals surface area (Å²) in [5.41, 5.74) is 9.97. The highest BCUT2D eigenvalue weighted by Crippen LogP contribution is 2.30. The van der Waals surface area contributed by atoms with Crippen molar-refractivity contribution in [2.24, 2.45) is 16.0 Å². The van der Waals surface area contributed by atoms with Crippen LogP contribution in [0.25, 0.3) is 11.1 Å². The molecule has 2 atom stereocenters. The number of amidine groups is 1. The smallest absolute Gasteiger partial charge is 0.253 e. The lowest BCUT2D eigenvalue weighted by atomic mass is 9.97. The zero-order chi connectivity index (χ0) is 23.5. The second-order valence-corrected chi connectivity index (χ2v) is 9.28. The van der Waals surface area contributed by atoms with Crippen molar-refractivity contribution in [1.29, 1.82) is 0 Å². The van der Waals surface area contributed by atoms with Gasteiger partial charge in [0, 0.05) is 37.0 Å². The fraction of sp³-hybridized carbons (Fsp3) is 0.240. The number of ether oxygens (including phenoxy) is 1. The number of hydrogen-bond acceptors (Lipinski definition) is 5. The van der Waals surface area contributed by atoms with E-state index in [0.29, 0.717) is 35.7 Å². The molecule has 5 rings (SSSR count). The summed E-state index contributed by atoms with van der Waals surface area (Å²) < 4.78 is 24.5. The number of amides is 1. The Morgan fingerprint density at radius 2 is 1.97 bits per heavy atom. The zero-order valence-electron chi connectivity index (χ0n) is 18.5. The molecule has 1 amide bonds. The molecule has 2 aliphatic heterocycles. The van der Waals surface area contributed by atoms with Crippen LogP contribution >= 0.6 is 0 Å². The van der Waals surface area contributed by atoms with Crippen LogP contribution in [0.15, 0.2) is 71.4 Å². The predicted molar refractivity (Wildman–Crippen MR) is 133 cm³/mol. The number of likely N-dealkylation sites (tertiary alicyclic amines) is 1. The Hall–Kier alpha value is -3.72. The number of carbonyl (C=O) groups is 1. The monoisotopic (exact) mass is 475 g/mol. The van der Waals surface area contributed by atoms with Crippen molar-refractivity contribution in [2.45, 2.75) is 12.8 Å². The van der Waals surface area contributed by atoms with Crippen LogP contribution in [-0.4, -0.2) is 45.5 Å². The van der Waals surface area contributed by atoms with Crippen LogP contribution in [0.1, 0.15) is 28.8 Å². The molecular formula is C25H25N5O3S. The van der Waals surface area contributed by atoms with Crippen LogP contribution in [0.3, 0.4) is 0 Å². The highest BCUT2D eigenvalue weighted by molar-refractivity contribution is 7.85. The Labute approximate surface area is 200 Å². The summed E-state index contributed by atoms with van der Waals surface area (Å²) >= 11 is -1.58. The van der Waals surface area contributed by atoms with Crippen LogP contribution in [0.2, 0.25) is 0 Å². The summed E-state index contributed by atoms with van der Waals surface area (Å²) in [4.78, 5) is 19.2. The van der Waals surface area contributed by atoms with E-state index in [-0.39, 0.29) is 17.7 Å². The molecule has 3 aromatic rings. The van der Waals surface area contributed by atoms with Crippen LogP contribution in [0.5, 0.6) is 5.75 Å². The molecule has 34 heavy (non-hydrogen) atoms. The summed E-state index contributed by atoms with van der Waals surface area (Å²) in [7, 11) is 0. The van der Waals surface area contributed by atoms with Crippen LogP contribution in [-0.2, 0) is 11.2 Å². The van der Waals surface area contributed by atoms with Crippen molar-refractivity contribution in [3.63, 3.8) is 0 Å². The molecule has 2 unspecified atom stereocenters. The van der Waals surface area contributed by atoms with E-state index < -0.39 is 11.2 Å². The van der Waals surface area contributed by atoms with Crippen molar-refractivity contribution >= 4 is 28.6 Å². The Bertz CT molecular complexity index is 1260. The van der Waals surface area contributed by atoms with E-state index in [1.54, 1.807) is 18.5 Å². The van der Waals surface area contributed by atoms with Gasteiger partial charge < -0.3 is 15.4 Å². The van der Waals surface area contributed by atoms with Gasteiger partial charge in [0.2, 0.25) is 11.2 Å². The van der Waals surface area contributed by atoms with E-state index in [1.165, 1.54) is 0 Å². The van der Waals surface area contributed by atoms with Crippen LogP contribution < -0.4 is 15.2 Å². The Kier molecular flexibility index (Phi) is 6.27. The number of carbonyl (C=O) groups excluding carboxylic acids is 1. The number of pyridine rings is 1. The minimum absolute atomic E-state index is 0.0285. The first kappa shape index (κ1) is 22.1. The molecule has 9 heteroatoms. The molecule has 174 valence electrons. The van der Waals surface area contributed by atoms with Crippen molar-refractivity contribution in [2.75, 3.05) is 24.4 Å². The van der Waals surface area contributed by atoms with Gasteiger partial charge in [0.1, 0.15) is 11.6 Å². The van der Waals surface area contributed by atoms with Gasteiger partial charge in [0.05, 0.1) is 17.9 Å². The fourth-order valence-electron chi connectivity index (χ4n) is 4.40. The lowest BCUT2D eigenvalue weighted by molar-refractivity contribution is 0.0633. The van der Waals surface area contributed by atoms with Gasteiger partial charge in [-0.2, -0.15) is 4.40 Å². The minimum atomic E-state index is -1.58. The third-order valence-corrected chi connectivity index (χ3v) is 6.82. The molecule has 0 bridgehead atoms. The van der Waals surface area contributed by atoms with Gasteiger partial charge in [0.15, 0.2) is 0 Å². The number of rotatable bonds is 5. The van der Waals surface area contributed by atoms with Gasteiger partial charge in [-0.3, -0.25) is 14.5 Å². The molecule has 1 saturated heterocycles. The number of hydrogen-bond donors (Lipinski definition) is 2. The SMILES string of the molecule is NC1=NS(=O)Nc2cccc(OCC3CCCN(C(=O)c4cccc(-c5ccncc5)c4)C3)c21. The number of nitrogens with zero attached hydrogens (tertiary/aromatic N) is 3. The first-order chi connectivity index (χ1) is 16.6. The first-order valence-corrected chi connectivity index (χ1v) is 12.3. The number of nitrogens with two attached hydrogens (primary N) is 1. The maximum Gasteiger partial charge on any atom is 0.253 e. The topological polar surface area (TPSA) is 110 Å². The van der Waals surface area contributed by atoms with Gasteiger partial charge in [-0.15, -0.1) is 0 Å². The number of benzene rings is 2. The van der Waals surface area contributed by atoms with Gasteiger partial charge >= 0.3 is 0 Å². The molecule has 2 aliphatic rings. The molecule has 8 nitrogen and oxygen atoms in total. The summed E-state index contributed by atoms with van der Waals surface area (Å²) in [6.45, 7) is 1.80. The summed E-state index contributed by atoms with van der Waals surface area (Å²) in [5, 5.41) is 0. The van der Waals surface area contributed by atoms with E-state index in [2.05, 4.69) is 14.1 Å². The quantitative estimate of drug-likeness (QED) is 0.588. The third kappa shape index (κ3) is 4.65. The molecule has 1 fully saturated rings. The molecule has 2 aromatic carbocycles. The average molecular weight is 476 g/mol. The van der Waals surface area contributed by atoms with Gasteiger partial charge in [-0.1, -0.05) is 18.2 Å². The number of fused-ring (bicyclic) bond motifs is 1. The number of anilines is 1. The second-order valence-electron chi connectivity index (χ2n) is 8.39. The summed E-state index contributed by atoms with van der Waals surface area (Å²) in [6.07, 6.45) is 5.39. The lowest BCUT2D eigenvalue weighted by Crippen LogP contribution is -2.41. The average Bonchev–Trinajstić information content (AvgIpc) is 2.87. The van der Waals surface area contributed by atoms with Gasteiger partial charge in [-0.05, 0) is 60.4 Å². The van der Waals surface area contributed by atoms with Crippen molar-refractivity contribution in [3.8, 4) is 16.9 Å². The van der Waals surface area contributed by atoms with Crippen LogP contribution in [0.4, 0.5) is 5.69 Å². The third-order valence-electron chi connectivity index (χ3n) is 6.06. The highest BCUT2D eigenvalue weighted by atomic mass is 32.2. The number of aromatic nitrogens is 1. The summed E-state index contributed by atoms with van der Waals surface area (Å²) in [5.74, 6) is 1.01. The standard InChI is InChI=1S/C25H25N5O3S/c26-24-23-21(28-34(32)29-24)7-2-8-22(23)33-16-17-4-3-13-30(15-17)25(31)20-6-1-5-19(14-20)18-9-11-27-12-10-18/h1-2,5-12,14,17,28H,3-4,13,15-16H2,(H2,26,29). The molecule has 0 saturated carbocycles. The largest absolute Gasteiger partial charge is 0.492 e. The van der Waals surface area contributed by atoms with E-state index in [4.69, 9.17) is 10.5 Å². The Morgan fingerprint density at radius 1 is 1.15 bits per heavy atom. The predicted octanol–water partition coefficient (Wildman–Crippen LogP) is 3.39. The van der Waals surface area contributed by atoms with E-state index >= 15 is 0 Å². The highest BCUT2D eigenvalue weighted by Gasteiger charge is 2.26. The van der Waals surface area contributed by atoms with E-state index in [1.807, 2.05) is 53.4 Å². The molecule has 0 radical (unpaired) electrons. The Balaban J connectivity index is 1.26. The van der Waals surface area contributed by atoms with E-state index in [0.717, 1.165) is 30.5 Å². The van der Waals surface area contributed by atoms with Gasteiger partial charge in [-0.25, -0.2) is 4.21 Å². The van der Waals surface area contributed by atoms with Crippen molar-refractivity contribution in [1.82, 2.24) is 9.88 Å². The maximum atomic E-state index is 13.3. The first-order valence-electron chi connectivity index (χ1n) is 11.2. The number of nitrogens with one attached hydrogen (secondary N) is 1. The zero-order valence-corrected chi connectivity index (χ0v) is 19.3. The normalized spacial score (nSPS) is 19.5. The molecule has 3 N–H and O–H groups in total. The minimum Gasteiger partial charge on any atom is -0.492 e. The molecule has 0 aliphatic carbocycles. The Morgan fingerprint density at radius 3 is 2.82 bits per heavy atom. The number of piperidine rings is 1. The van der Waals surface area contributed by atoms with Crippen molar-refractivity contribution in [3.05, 3.63) is 78.1 Å². The fourth-order valence-corrected chi connectivity index (χ4v) is 5.08. The van der Waals surface area contributed by atoms with Crippen LogP contribution in [0, 0.1) is 5.92 Å². The summed E-state index contributed by atoms with van der Waals surface area (Å²) in [6, 6.07) is 17.0. The molecule has 0 spiro atoms. The maximum absolute atomic E-state index is 13.3. The van der Waals surface area contributed by atoms with Gasteiger partial charge in [0.25, 0.3) is 5.91 Å². The molecule has 3 heterocycles. The van der Waals surface area contributed by atoms with E-state index in [9.17, 15) is 9.00 Å². The lowest BCUT2D eigenvalue weighted by Gasteiger charge is -2.33. The molecule has 1 aromatic heterocycles. The molecular weight excluding hydrogens is 450 g/mol. The van der Waals surface area contributed by atoms with Crippen molar-refractivity contribution < 1.29 is 13.7 Å².